The van der Waals surface area contributed by atoms with Crippen LogP contribution in [0.25, 0.3) is 0 Å². The number of aromatic nitrogens is 1. The normalized spacial score (nSPS) is 19.9. The summed E-state index contributed by atoms with van der Waals surface area (Å²) >= 11 is 6.13. The minimum Gasteiger partial charge on any atom is -0.329 e. The first-order valence-electron chi connectivity index (χ1n) is 9.16. The Morgan fingerprint density at radius 2 is 2.04 bits per heavy atom. The van der Waals surface area contributed by atoms with E-state index < -0.39 is 0 Å². The molecule has 1 fully saturated rings. The Morgan fingerprint density at radius 3 is 2.88 bits per heavy atom. The average molecular weight is 372 g/mol. The number of halogens is 1. The summed E-state index contributed by atoms with van der Waals surface area (Å²) in [6.45, 7) is 1.92. The molecule has 136 valence electrons. The molecule has 5 nitrogen and oxygen atoms in total. The van der Waals surface area contributed by atoms with Crippen LogP contribution < -0.4 is 10.9 Å². The predicted octanol–water partition coefficient (Wildman–Crippen LogP) is 2.69. The quantitative estimate of drug-likeness (QED) is 0.853. The van der Waals surface area contributed by atoms with Gasteiger partial charge in [0.15, 0.2) is 0 Å². The van der Waals surface area contributed by atoms with Crippen LogP contribution >= 0.6 is 11.6 Å². The van der Waals surface area contributed by atoms with Crippen molar-refractivity contribution >= 4 is 17.5 Å². The topological polar surface area (TPSA) is 65.2 Å². The van der Waals surface area contributed by atoms with Crippen molar-refractivity contribution in [2.75, 3.05) is 19.6 Å². The number of hydrogen-bond acceptors (Lipinski definition) is 3. The van der Waals surface area contributed by atoms with E-state index >= 15 is 0 Å². The van der Waals surface area contributed by atoms with Gasteiger partial charge in [0, 0.05) is 30.4 Å². The summed E-state index contributed by atoms with van der Waals surface area (Å²) in [5.41, 5.74) is 3.05. The summed E-state index contributed by atoms with van der Waals surface area (Å²) in [7, 11) is 0. The minimum absolute atomic E-state index is 0.134. The Kier molecular flexibility index (Phi) is 4.83. The van der Waals surface area contributed by atoms with Gasteiger partial charge in [0.25, 0.3) is 11.5 Å². The summed E-state index contributed by atoms with van der Waals surface area (Å²) in [6.07, 6.45) is 4.00. The van der Waals surface area contributed by atoms with Gasteiger partial charge in [-0.15, -0.1) is 0 Å². The molecule has 2 aromatic rings. The number of hydrogen-bond donors (Lipinski definition) is 2. The van der Waals surface area contributed by atoms with Crippen LogP contribution in [0.5, 0.6) is 0 Å². The Morgan fingerprint density at radius 1 is 1.19 bits per heavy atom. The third kappa shape index (κ3) is 3.29. The monoisotopic (exact) mass is 371 g/mol. The van der Waals surface area contributed by atoms with Crippen LogP contribution in [0.2, 0.25) is 5.02 Å². The summed E-state index contributed by atoms with van der Waals surface area (Å²) in [6, 6.07) is 9.25. The highest BCUT2D eigenvalue weighted by atomic mass is 35.5. The molecule has 26 heavy (non-hydrogen) atoms. The number of carbonyl (C=O) groups excluding carboxylic acids is 1. The summed E-state index contributed by atoms with van der Waals surface area (Å²) in [4.78, 5) is 30.5. The van der Waals surface area contributed by atoms with Gasteiger partial charge in [0.2, 0.25) is 0 Å². The number of nitrogens with zero attached hydrogens (tertiary/aromatic N) is 1. The largest absolute Gasteiger partial charge is 0.329 e. The first kappa shape index (κ1) is 17.3. The molecule has 2 aliphatic rings. The Balaban J connectivity index is 1.68. The Hall–Kier alpha value is -2.11. The van der Waals surface area contributed by atoms with Gasteiger partial charge < -0.3 is 15.2 Å². The number of aromatic amines is 1. The van der Waals surface area contributed by atoms with Crippen LogP contribution in [0.4, 0.5) is 0 Å². The van der Waals surface area contributed by atoms with Gasteiger partial charge in [-0.3, -0.25) is 9.59 Å². The molecule has 0 bridgehead atoms. The predicted molar refractivity (Wildman–Crippen MR) is 102 cm³/mol. The number of nitrogens with one attached hydrogen (secondary N) is 2. The number of amides is 1. The lowest BCUT2D eigenvalue weighted by atomic mass is 9.94. The van der Waals surface area contributed by atoms with Crippen LogP contribution in [0.15, 0.2) is 35.1 Å². The molecular formula is C20H22ClN3O2. The van der Waals surface area contributed by atoms with Crippen molar-refractivity contribution in [3.8, 4) is 0 Å². The fourth-order valence-electron chi connectivity index (χ4n) is 3.95. The lowest BCUT2D eigenvalue weighted by molar-refractivity contribution is 0.0632. The lowest BCUT2D eigenvalue weighted by Crippen LogP contribution is -2.49. The van der Waals surface area contributed by atoms with E-state index in [4.69, 9.17) is 11.6 Å². The second kappa shape index (κ2) is 7.25. The number of rotatable bonds is 2. The second-order valence-corrected chi connectivity index (χ2v) is 7.43. The van der Waals surface area contributed by atoms with Gasteiger partial charge >= 0.3 is 0 Å². The van der Waals surface area contributed by atoms with Crippen LogP contribution in [0, 0.1) is 0 Å². The van der Waals surface area contributed by atoms with E-state index in [1.807, 2.05) is 30.3 Å². The first-order chi connectivity index (χ1) is 12.6. The van der Waals surface area contributed by atoms with Crippen molar-refractivity contribution in [2.45, 2.75) is 31.7 Å². The fourth-order valence-corrected chi connectivity index (χ4v) is 4.15. The second-order valence-electron chi connectivity index (χ2n) is 7.00. The van der Waals surface area contributed by atoms with E-state index in [-0.39, 0.29) is 23.1 Å². The standard InChI is InChI=1S/C20H22ClN3O2/c21-15-6-3-5-14(10-15)18-12-22-8-9-24(18)20(26)16-11-13-4-1-2-7-17(13)23-19(16)25/h3,5-6,10-11,18,22H,1-2,4,7-9,12H2,(H,23,25). The summed E-state index contributed by atoms with van der Waals surface area (Å²) in [5, 5.41) is 3.98. The molecule has 1 unspecified atom stereocenters. The summed E-state index contributed by atoms with van der Waals surface area (Å²) < 4.78 is 0. The number of benzene rings is 1. The number of aryl methyl sites for hydroxylation is 2. The molecule has 6 heteroatoms. The average Bonchev–Trinajstić information content (AvgIpc) is 2.67. The van der Waals surface area contributed by atoms with Crippen molar-refractivity contribution in [1.29, 1.82) is 0 Å². The number of H-pyrrole nitrogens is 1. The molecule has 4 rings (SSSR count). The minimum atomic E-state index is -0.279. The van der Waals surface area contributed by atoms with Gasteiger partial charge in [0.05, 0.1) is 6.04 Å². The van der Waals surface area contributed by atoms with Gasteiger partial charge in [-0.25, -0.2) is 0 Å². The maximum atomic E-state index is 13.2. The highest BCUT2D eigenvalue weighted by Crippen LogP contribution is 2.26. The number of carbonyl (C=O) groups is 1. The van der Waals surface area contributed by atoms with Crippen LogP contribution in [-0.4, -0.2) is 35.4 Å². The molecule has 1 aromatic carbocycles. The van der Waals surface area contributed by atoms with Crippen molar-refractivity contribution in [3.05, 3.63) is 68.1 Å². The third-order valence-electron chi connectivity index (χ3n) is 5.31. The molecule has 1 aromatic heterocycles. The molecule has 1 amide bonds. The molecular weight excluding hydrogens is 350 g/mol. The van der Waals surface area contributed by atoms with E-state index in [1.165, 1.54) is 0 Å². The maximum absolute atomic E-state index is 13.2. The highest BCUT2D eigenvalue weighted by molar-refractivity contribution is 6.30. The van der Waals surface area contributed by atoms with E-state index in [0.29, 0.717) is 24.7 Å². The molecule has 1 aliphatic carbocycles. The molecule has 2 heterocycles. The zero-order valence-corrected chi connectivity index (χ0v) is 15.3. The molecule has 0 saturated carbocycles. The number of pyridine rings is 1. The number of piperazine rings is 1. The van der Waals surface area contributed by atoms with Crippen LogP contribution in [0.3, 0.4) is 0 Å². The molecule has 1 saturated heterocycles. The van der Waals surface area contributed by atoms with Gasteiger partial charge in [-0.1, -0.05) is 23.7 Å². The molecule has 1 atom stereocenters. The lowest BCUT2D eigenvalue weighted by Gasteiger charge is -2.36. The van der Waals surface area contributed by atoms with Gasteiger partial charge in [0.1, 0.15) is 5.56 Å². The van der Waals surface area contributed by atoms with Crippen molar-refractivity contribution < 1.29 is 4.79 Å². The molecule has 2 N–H and O–H groups in total. The van der Waals surface area contributed by atoms with Gasteiger partial charge in [-0.2, -0.15) is 0 Å². The molecule has 0 radical (unpaired) electrons. The Bertz CT molecular complexity index is 893. The molecule has 1 aliphatic heterocycles. The SMILES string of the molecule is O=C(c1cc2c([nH]c1=O)CCCC2)N1CCNCC1c1cccc(Cl)c1. The zero-order chi connectivity index (χ0) is 18.1. The van der Waals surface area contributed by atoms with E-state index in [2.05, 4.69) is 10.3 Å². The first-order valence-corrected chi connectivity index (χ1v) is 9.53. The highest BCUT2D eigenvalue weighted by Gasteiger charge is 2.30. The fraction of sp³-hybridized carbons (Fsp3) is 0.400. The third-order valence-corrected chi connectivity index (χ3v) is 5.54. The van der Waals surface area contributed by atoms with Crippen molar-refractivity contribution in [2.24, 2.45) is 0 Å². The van der Waals surface area contributed by atoms with Crippen LogP contribution in [0.1, 0.15) is 46.1 Å². The maximum Gasteiger partial charge on any atom is 0.261 e. The van der Waals surface area contributed by atoms with Gasteiger partial charge in [-0.05, 0) is 55.0 Å². The van der Waals surface area contributed by atoms with Crippen LogP contribution in [-0.2, 0) is 12.8 Å². The van der Waals surface area contributed by atoms with Crippen molar-refractivity contribution in [1.82, 2.24) is 15.2 Å². The van der Waals surface area contributed by atoms with Crippen molar-refractivity contribution in [3.63, 3.8) is 0 Å². The van der Waals surface area contributed by atoms with E-state index in [0.717, 1.165) is 42.5 Å². The van der Waals surface area contributed by atoms with E-state index in [9.17, 15) is 9.59 Å². The number of fused-ring (bicyclic) bond motifs is 1. The zero-order valence-electron chi connectivity index (χ0n) is 14.6. The smallest absolute Gasteiger partial charge is 0.261 e. The Labute approximate surface area is 157 Å². The summed E-state index contributed by atoms with van der Waals surface area (Å²) in [5.74, 6) is -0.203. The van der Waals surface area contributed by atoms with E-state index in [1.54, 1.807) is 4.90 Å². The molecule has 0 spiro atoms.